The van der Waals surface area contributed by atoms with Gasteiger partial charge in [0.25, 0.3) is 0 Å². The van der Waals surface area contributed by atoms with Crippen LogP contribution in [0.25, 0.3) is 0 Å². The van der Waals surface area contributed by atoms with Crippen LogP contribution in [0.15, 0.2) is 5.16 Å². The molecule has 0 radical (unpaired) electrons. The Hall–Kier alpha value is -0.660. The minimum absolute atomic E-state index is 0.00125. The molecule has 6 nitrogen and oxygen atoms in total. The highest BCUT2D eigenvalue weighted by Gasteiger charge is 2.35. The van der Waals surface area contributed by atoms with E-state index in [2.05, 4.69) is 15.5 Å². The molecule has 0 bridgehead atoms. The summed E-state index contributed by atoms with van der Waals surface area (Å²) in [7, 11) is 0. The molecule has 0 saturated heterocycles. The predicted octanol–water partition coefficient (Wildman–Crippen LogP) is 0.978. The number of aromatic nitrogens is 4. The molecule has 0 aliphatic heterocycles. The van der Waals surface area contributed by atoms with E-state index in [1.807, 2.05) is 4.68 Å². The van der Waals surface area contributed by atoms with Gasteiger partial charge in [0.1, 0.15) is 0 Å². The van der Waals surface area contributed by atoms with E-state index in [0.717, 1.165) is 18.0 Å². The Morgan fingerprint density at radius 3 is 2.68 bits per heavy atom. The van der Waals surface area contributed by atoms with Crippen molar-refractivity contribution in [3.63, 3.8) is 0 Å². The summed E-state index contributed by atoms with van der Waals surface area (Å²) < 4.78 is 1.93. The van der Waals surface area contributed by atoms with Crippen molar-refractivity contribution in [2.45, 2.75) is 61.0 Å². The van der Waals surface area contributed by atoms with Crippen molar-refractivity contribution in [2.75, 3.05) is 6.61 Å². The summed E-state index contributed by atoms with van der Waals surface area (Å²) in [5, 5.41) is 22.4. The van der Waals surface area contributed by atoms with Gasteiger partial charge in [-0.25, -0.2) is 4.68 Å². The molecule has 2 unspecified atom stereocenters. The molecule has 3 N–H and O–H groups in total. The van der Waals surface area contributed by atoms with Gasteiger partial charge in [-0.1, -0.05) is 24.6 Å². The van der Waals surface area contributed by atoms with E-state index in [-0.39, 0.29) is 17.9 Å². The molecule has 1 heterocycles. The number of aliphatic hydroxyl groups excluding tert-OH is 1. The average Bonchev–Trinajstić information content (AvgIpc) is 2.95. The van der Waals surface area contributed by atoms with Crippen LogP contribution in [0.4, 0.5) is 0 Å². The van der Waals surface area contributed by atoms with Crippen LogP contribution in [0.5, 0.6) is 0 Å². The zero-order valence-electron chi connectivity index (χ0n) is 11.0. The highest BCUT2D eigenvalue weighted by atomic mass is 32.2. The molecule has 19 heavy (non-hydrogen) atoms. The molecule has 0 aromatic carbocycles. The van der Waals surface area contributed by atoms with Crippen molar-refractivity contribution in [3.05, 3.63) is 0 Å². The third kappa shape index (κ3) is 2.93. The fraction of sp³-hybridized carbons (Fsp3) is 0.917. The molecule has 2 fully saturated rings. The quantitative estimate of drug-likeness (QED) is 0.756. The van der Waals surface area contributed by atoms with Gasteiger partial charge in [-0.3, -0.25) is 0 Å². The van der Waals surface area contributed by atoms with Crippen LogP contribution in [-0.4, -0.2) is 43.2 Å². The SMILES string of the molecule is NC(C1CC1)C(CO)Sc1nnnn1C1CCCC1. The second-order valence-corrected chi connectivity index (χ2v) is 6.80. The number of rotatable bonds is 6. The molecule has 0 spiro atoms. The van der Waals surface area contributed by atoms with Gasteiger partial charge in [0.05, 0.1) is 17.9 Å². The minimum Gasteiger partial charge on any atom is -0.395 e. The Kier molecular flexibility index (Phi) is 4.04. The Balaban J connectivity index is 1.69. The number of nitrogens with two attached hydrogens (primary N) is 1. The third-order valence-electron chi connectivity index (χ3n) is 4.17. The fourth-order valence-corrected chi connectivity index (χ4v) is 3.90. The maximum absolute atomic E-state index is 9.55. The Morgan fingerprint density at radius 2 is 2.05 bits per heavy atom. The molecule has 2 saturated carbocycles. The molecule has 3 rings (SSSR count). The molecule has 2 aliphatic rings. The van der Waals surface area contributed by atoms with Gasteiger partial charge in [-0.05, 0) is 42.0 Å². The van der Waals surface area contributed by atoms with Gasteiger partial charge in [-0.2, -0.15) is 0 Å². The van der Waals surface area contributed by atoms with Crippen LogP contribution in [0.1, 0.15) is 44.6 Å². The second-order valence-electron chi connectivity index (χ2n) is 5.60. The minimum atomic E-state index is -0.00125. The lowest BCUT2D eigenvalue weighted by atomic mass is 10.1. The number of hydrogen-bond donors (Lipinski definition) is 2. The highest BCUT2D eigenvalue weighted by molar-refractivity contribution is 7.99. The lowest BCUT2D eigenvalue weighted by molar-refractivity contribution is 0.276. The molecule has 106 valence electrons. The molecule has 0 amide bonds. The van der Waals surface area contributed by atoms with Crippen molar-refractivity contribution in [1.29, 1.82) is 0 Å². The lowest BCUT2D eigenvalue weighted by Crippen LogP contribution is -2.37. The van der Waals surface area contributed by atoms with Gasteiger partial charge in [0.15, 0.2) is 0 Å². The average molecular weight is 283 g/mol. The Labute approximate surface area is 117 Å². The fourth-order valence-electron chi connectivity index (χ4n) is 2.80. The largest absolute Gasteiger partial charge is 0.395 e. The van der Waals surface area contributed by atoms with Gasteiger partial charge in [-0.15, -0.1) is 5.10 Å². The van der Waals surface area contributed by atoms with Crippen molar-refractivity contribution >= 4 is 11.8 Å². The lowest BCUT2D eigenvalue weighted by Gasteiger charge is -2.21. The summed E-state index contributed by atoms with van der Waals surface area (Å²) in [5.41, 5.74) is 6.20. The third-order valence-corrected chi connectivity index (χ3v) is 5.41. The number of aliphatic hydroxyl groups is 1. The maximum atomic E-state index is 9.55. The molecule has 2 atom stereocenters. The first-order valence-electron chi connectivity index (χ1n) is 7.10. The Morgan fingerprint density at radius 1 is 1.32 bits per heavy atom. The van der Waals surface area contributed by atoms with E-state index < -0.39 is 0 Å². The van der Waals surface area contributed by atoms with Crippen molar-refractivity contribution in [1.82, 2.24) is 20.2 Å². The maximum Gasteiger partial charge on any atom is 0.209 e. The van der Waals surface area contributed by atoms with E-state index in [1.165, 1.54) is 37.4 Å². The summed E-state index contributed by atoms with van der Waals surface area (Å²) in [6.07, 6.45) is 7.17. The number of thioether (sulfide) groups is 1. The van der Waals surface area contributed by atoms with Gasteiger partial charge in [0, 0.05) is 6.04 Å². The smallest absolute Gasteiger partial charge is 0.209 e. The van der Waals surface area contributed by atoms with Crippen LogP contribution in [-0.2, 0) is 0 Å². The first kappa shape index (κ1) is 13.3. The number of hydrogen-bond acceptors (Lipinski definition) is 6. The van der Waals surface area contributed by atoms with E-state index >= 15 is 0 Å². The monoisotopic (exact) mass is 283 g/mol. The van der Waals surface area contributed by atoms with Gasteiger partial charge >= 0.3 is 0 Å². The van der Waals surface area contributed by atoms with Crippen molar-refractivity contribution in [2.24, 2.45) is 11.7 Å². The van der Waals surface area contributed by atoms with Crippen molar-refractivity contribution < 1.29 is 5.11 Å². The molecular weight excluding hydrogens is 262 g/mol. The second kappa shape index (κ2) is 5.76. The van der Waals surface area contributed by atoms with Crippen LogP contribution >= 0.6 is 11.8 Å². The van der Waals surface area contributed by atoms with E-state index in [9.17, 15) is 5.11 Å². The van der Waals surface area contributed by atoms with Gasteiger partial charge < -0.3 is 10.8 Å². The molecule has 1 aromatic rings. The molecular formula is C12H21N5OS. The Bertz CT molecular complexity index is 416. The summed E-state index contributed by atoms with van der Waals surface area (Å²) in [5.74, 6) is 0.570. The van der Waals surface area contributed by atoms with Crippen LogP contribution in [0.3, 0.4) is 0 Å². The molecule has 2 aliphatic carbocycles. The van der Waals surface area contributed by atoms with E-state index in [4.69, 9.17) is 5.73 Å². The zero-order chi connectivity index (χ0) is 13.2. The van der Waals surface area contributed by atoms with E-state index in [1.54, 1.807) is 0 Å². The first-order chi connectivity index (χ1) is 9.29. The van der Waals surface area contributed by atoms with Crippen molar-refractivity contribution in [3.8, 4) is 0 Å². The zero-order valence-corrected chi connectivity index (χ0v) is 11.8. The summed E-state index contributed by atoms with van der Waals surface area (Å²) in [4.78, 5) is 0. The number of tetrazole rings is 1. The topological polar surface area (TPSA) is 89.8 Å². The summed E-state index contributed by atoms with van der Waals surface area (Å²) in [6, 6.07) is 0.470. The van der Waals surface area contributed by atoms with Gasteiger partial charge in [0.2, 0.25) is 5.16 Å². The summed E-state index contributed by atoms with van der Waals surface area (Å²) >= 11 is 1.54. The van der Waals surface area contributed by atoms with Crippen LogP contribution in [0, 0.1) is 5.92 Å². The molecule has 1 aromatic heterocycles. The predicted molar refractivity (Wildman–Crippen MR) is 72.8 cm³/mol. The normalized spacial score (nSPS) is 23.7. The standard InChI is InChI=1S/C12H21N5OS/c13-11(8-5-6-8)10(7-18)19-12-14-15-16-17(12)9-3-1-2-4-9/h8-11,18H,1-7,13H2. The first-order valence-corrected chi connectivity index (χ1v) is 7.98. The highest BCUT2D eigenvalue weighted by Crippen LogP contribution is 2.38. The summed E-state index contributed by atoms with van der Waals surface area (Å²) in [6.45, 7) is 0.0832. The molecule has 7 heteroatoms. The van der Waals surface area contributed by atoms with Crippen LogP contribution in [0.2, 0.25) is 0 Å². The number of nitrogens with zero attached hydrogens (tertiary/aromatic N) is 4. The van der Waals surface area contributed by atoms with Crippen LogP contribution < -0.4 is 5.73 Å². The van der Waals surface area contributed by atoms with E-state index in [0.29, 0.717) is 12.0 Å².